The van der Waals surface area contributed by atoms with E-state index in [1.807, 2.05) is 60.7 Å². The molecule has 7 nitrogen and oxygen atoms in total. The molecule has 0 spiro atoms. The van der Waals surface area contributed by atoms with Crippen LogP contribution >= 0.6 is 0 Å². The van der Waals surface area contributed by atoms with Crippen molar-refractivity contribution in [1.29, 1.82) is 0 Å². The zero-order chi connectivity index (χ0) is 24.5. The zero-order valence-corrected chi connectivity index (χ0v) is 19.5. The lowest BCUT2D eigenvalue weighted by Gasteiger charge is -2.35. The largest absolute Gasteiger partial charge is 0.489 e. The Labute approximate surface area is 205 Å². The van der Waals surface area contributed by atoms with Crippen molar-refractivity contribution < 1.29 is 24.2 Å². The van der Waals surface area contributed by atoms with Crippen molar-refractivity contribution in [1.82, 2.24) is 10.2 Å². The Balaban J connectivity index is 1.19. The smallest absolute Gasteiger partial charge is 0.410 e. The molecule has 3 aromatic carbocycles. The summed E-state index contributed by atoms with van der Waals surface area (Å²) in [4.78, 5) is 26.4. The standard InChI is InChI=1S/C28H30N2O5/c31-26-18-30(28(33)35-20-22-9-5-2-6-10-22)16-15-24(26)17-29-27(32)23-11-13-25(14-12-23)34-19-21-7-3-1-4-8-21/h1-14,24,26,31H,15-20H2,(H,29,32). The van der Waals surface area contributed by atoms with E-state index in [9.17, 15) is 14.7 Å². The van der Waals surface area contributed by atoms with Crippen LogP contribution in [0.5, 0.6) is 5.75 Å². The molecule has 4 rings (SSSR count). The van der Waals surface area contributed by atoms with E-state index in [1.165, 1.54) is 4.90 Å². The molecule has 1 fully saturated rings. The van der Waals surface area contributed by atoms with Gasteiger partial charge in [0.05, 0.1) is 12.6 Å². The molecule has 0 bridgehead atoms. The van der Waals surface area contributed by atoms with Gasteiger partial charge in [-0.05, 0) is 41.8 Å². The first kappa shape index (κ1) is 24.3. The van der Waals surface area contributed by atoms with Crippen LogP contribution in [-0.2, 0) is 18.0 Å². The number of hydrogen-bond acceptors (Lipinski definition) is 5. The Morgan fingerprint density at radius 1 is 0.886 bits per heavy atom. The van der Waals surface area contributed by atoms with E-state index in [1.54, 1.807) is 24.3 Å². The number of nitrogens with one attached hydrogen (secondary N) is 1. The van der Waals surface area contributed by atoms with Gasteiger partial charge in [-0.2, -0.15) is 0 Å². The van der Waals surface area contributed by atoms with Crippen LogP contribution in [0.25, 0.3) is 0 Å². The lowest BCUT2D eigenvalue weighted by Crippen LogP contribution is -2.49. The molecule has 1 aliphatic heterocycles. The number of β-amino-alcohol motifs (C(OH)–C–C–N with tert-alkyl or cyclic N) is 1. The number of rotatable bonds is 8. The van der Waals surface area contributed by atoms with Crippen LogP contribution in [0.4, 0.5) is 4.79 Å². The Morgan fingerprint density at radius 2 is 1.51 bits per heavy atom. The molecule has 0 saturated carbocycles. The predicted octanol–water partition coefficient (Wildman–Crippen LogP) is 4.02. The summed E-state index contributed by atoms with van der Waals surface area (Å²) < 4.78 is 11.1. The summed E-state index contributed by atoms with van der Waals surface area (Å²) >= 11 is 0. The Hall–Kier alpha value is -3.84. The zero-order valence-electron chi connectivity index (χ0n) is 19.5. The number of hydrogen-bond donors (Lipinski definition) is 2. The fraction of sp³-hybridized carbons (Fsp3) is 0.286. The lowest BCUT2D eigenvalue weighted by atomic mass is 9.94. The van der Waals surface area contributed by atoms with Crippen molar-refractivity contribution in [2.45, 2.75) is 25.7 Å². The van der Waals surface area contributed by atoms with E-state index >= 15 is 0 Å². The van der Waals surface area contributed by atoms with Crippen molar-refractivity contribution in [3.8, 4) is 5.75 Å². The van der Waals surface area contributed by atoms with Gasteiger partial charge in [0.1, 0.15) is 19.0 Å². The Morgan fingerprint density at radius 3 is 2.14 bits per heavy atom. The van der Waals surface area contributed by atoms with Gasteiger partial charge in [-0.15, -0.1) is 0 Å². The molecule has 1 saturated heterocycles. The maximum absolute atomic E-state index is 12.6. The number of ether oxygens (including phenoxy) is 2. The minimum Gasteiger partial charge on any atom is -0.489 e. The van der Waals surface area contributed by atoms with E-state index in [-0.39, 0.29) is 25.0 Å². The summed E-state index contributed by atoms with van der Waals surface area (Å²) in [6, 6.07) is 26.3. The van der Waals surface area contributed by atoms with Gasteiger partial charge in [-0.1, -0.05) is 60.7 Å². The lowest BCUT2D eigenvalue weighted by molar-refractivity contribution is 0.0139. The first-order valence-corrected chi connectivity index (χ1v) is 11.8. The molecular weight excluding hydrogens is 444 g/mol. The number of carbonyl (C=O) groups is 2. The van der Waals surface area contributed by atoms with Crippen LogP contribution in [-0.4, -0.2) is 47.7 Å². The average molecular weight is 475 g/mol. The van der Waals surface area contributed by atoms with E-state index in [0.29, 0.717) is 37.4 Å². The molecule has 35 heavy (non-hydrogen) atoms. The van der Waals surface area contributed by atoms with Gasteiger partial charge in [0, 0.05) is 24.6 Å². The molecule has 0 aromatic heterocycles. The maximum Gasteiger partial charge on any atom is 0.410 e. The highest BCUT2D eigenvalue weighted by molar-refractivity contribution is 5.94. The highest BCUT2D eigenvalue weighted by Crippen LogP contribution is 2.19. The highest BCUT2D eigenvalue weighted by atomic mass is 16.6. The predicted molar refractivity (Wildman–Crippen MR) is 132 cm³/mol. The first-order valence-electron chi connectivity index (χ1n) is 11.8. The molecule has 2 N–H and O–H groups in total. The molecule has 0 aliphatic carbocycles. The summed E-state index contributed by atoms with van der Waals surface area (Å²) in [5, 5.41) is 13.4. The van der Waals surface area contributed by atoms with Gasteiger partial charge in [0.25, 0.3) is 5.91 Å². The van der Waals surface area contributed by atoms with Crippen LogP contribution < -0.4 is 10.1 Å². The van der Waals surface area contributed by atoms with E-state index < -0.39 is 12.2 Å². The molecule has 1 aliphatic rings. The van der Waals surface area contributed by atoms with Gasteiger partial charge in [-0.25, -0.2) is 4.79 Å². The fourth-order valence-electron chi connectivity index (χ4n) is 3.96. The molecule has 1 heterocycles. The molecule has 2 atom stereocenters. The van der Waals surface area contributed by atoms with E-state index in [4.69, 9.17) is 9.47 Å². The molecule has 182 valence electrons. The molecule has 7 heteroatoms. The number of carbonyl (C=O) groups excluding carboxylic acids is 2. The van der Waals surface area contributed by atoms with Crippen molar-refractivity contribution in [3.63, 3.8) is 0 Å². The molecule has 2 unspecified atom stereocenters. The monoisotopic (exact) mass is 474 g/mol. The van der Waals surface area contributed by atoms with Gasteiger partial charge in [0.2, 0.25) is 0 Å². The molecular formula is C28H30N2O5. The summed E-state index contributed by atoms with van der Waals surface area (Å²) in [5.74, 6) is 0.342. The summed E-state index contributed by atoms with van der Waals surface area (Å²) in [6.07, 6.45) is -0.597. The number of nitrogens with zero attached hydrogens (tertiary/aromatic N) is 1. The minimum atomic E-state index is -0.734. The van der Waals surface area contributed by atoms with Crippen LogP contribution in [0.1, 0.15) is 27.9 Å². The second-order valence-corrected chi connectivity index (χ2v) is 8.61. The van der Waals surface area contributed by atoms with Gasteiger partial charge >= 0.3 is 6.09 Å². The van der Waals surface area contributed by atoms with E-state index in [2.05, 4.69) is 5.32 Å². The topological polar surface area (TPSA) is 88.1 Å². The quantitative estimate of drug-likeness (QED) is 0.515. The number of benzene rings is 3. The third-order valence-electron chi connectivity index (χ3n) is 6.07. The van der Waals surface area contributed by atoms with Crippen LogP contribution in [0.3, 0.4) is 0 Å². The third kappa shape index (κ3) is 7.07. The van der Waals surface area contributed by atoms with Crippen molar-refractivity contribution in [3.05, 3.63) is 102 Å². The number of likely N-dealkylation sites (tertiary alicyclic amines) is 1. The van der Waals surface area contributed by atoms with Crippen molar-refractivity contribution >= 4 is 12.0 Å². The summed E-state index contributed by atoms with van der Waals surface area (Å²) in [6.45, 7) is 1.64. The van der Waals surface area contributed by atoms with E-state index in [0.717, 1.165) is 11.1 Å². The Kier molecular flexibility index (Phi) is 8.35. The summed E-state index contributed by atoms with van der Waals surface area (Å²) in [7, 11) is 0. The van der Waals surface area contributed by atoms with Crippen molar-refractivity contribution in [2.24, 2.45) is 5.92 Å². The molecule has 0 radical (unpaired) electrons. The highest BCUT2D eigenvalue weighted by Gasteiger charge is 2.31. The summed E-state index contributed by atoms with van der Waals surface area (Å²) in [5.41, 5.74) is 2.51. The van der Waals surface area contributed by atoms with Crippen molar-refractivity contribution in [2.75, 3.05) is 19.6 Å². The van der Waals surface area contributed by atoms with Gasteiger partial charge < -0.3 is 24.8 Å². The van der Waals surface area contributed by atoms with Gasteiger partial charge in [0.15, 0.2) is 0 Å². The number of amides is 2. The number of aliphatic hydroxyl groups excluding tert-OH is 1. The first-order chi connectivity index (χ1) is 17.1. The normalized spacial score (nSPS) is 17.5. The fourth-order valence-corrected chi connectivity index (χ4v) is 3.96. The second-order valence-electron chi connectivity index (χ2n) is 8.61. The average Bonchev–Trinajstić information content (AvgIpc) is 2.91. The molecule has 2 amide bonds. The Bertz CT molecular complexity index is 1090. The third-order valence-corrected chi connectivity index (χ3v) is 6.07. The van der Waals surface area contributed by atoms with Crippen LogP contribution in [0.15, 0.2) is 84.9 Å². The van der Waals surface area contributed by atoms with Crippen LogP contribution in [0, 0.1) is 5.92 Å². The molecule has 3 aromatic rings. The second kappa shape index (κ2) is 12.0. The number of aliphatic hydroxyl groups is 1. The SMILES string of the molecule is O=C(NCC1CCN(C(=O)OCc2ccccc2)CC1O)c1ccc(OCc2ccccc2)cc1. The van der Waals surface area contributed by atoms with Gasteiger partial charge in [-0.3, -0.25) is 4.79 Å². The number of piperidine rings is 1. The maximum atomic E-state index is 12.6. The van der Waals surface area contributed by atoms with Crippen LogP contribution in [0.2, 0.25) is 0 Å². The minimum absolute atomic E-state index is 0.134.